The van der Waals surface area contributed by atoms with E-state index in [0.29, 0.717) is 0 Å². The molecule has 2 aromatic carbocycles. The Bertz CT molecular complexity index is 646. The van der Waals surface area contributed by atoms with Gasteiger partial charge in [0.25, 0.3) is 0 Å². The second-order valence-electron chi connectivity index (χ2n) is 4.51. The smallest absolute Gasteiger partial charge is 0.134 e. The summed E-state index contributed by atoms with van der Waals surface area (Å²) < 4.78 is 6.01. The van der Waals surface area contributed by atoms with Gasteiger partial charge < -0.3 is 4.74 Å². The maximum atomic E-state index is 6.01. The molecule has 0 aliphatic heterocycles. The second-order valence-corrected chi connectivity index (χ2v) is 4.51. The van der Waals surface area contributed by atoms with Crippen LogP contribution in [0.25, 0.3) is 24.3 Å². The van der Waals surface area contributed by atoms with E-state index in [1.165, 1.54) is 0 Å². The number of benzene rings is 2. The topological polar surface area (TPSA) is 9.23 Å². The molecule has 0 heterocycles. The van der Waals surface area contributed by atoms with Crippen LogP contribution in [-0.4, -0.2) is 0 Å². The zero-order valence-electron chi connectivity index (χ0n) is 12.0. The Morgan fingerprint density at radius 3 is 1.38 bits per heavy atom. The van der Waals surface area contributed by atoms with Gasteiger partial charge in [0, 0.05) is 11.1 Å². The molecule has 0 aliphatic carbocycles. The molecule has 1 nitrogen and oxygen atoms in total. The highest BCUT2D eigenvalue weighted by atomic mass is 16.5. The molecule has 0 atom stereocenters. The summed E-state index contributed by atoms with van der Waals surface area (Å²) in [5.74, 6) is 1.51. The fraction of sp³-hybridized carbons (Fsp3) is 0. The van der Waals surface area contributed by atoms with E-state index in [1.807, 2.05) is 36.4 Å². The van der Waals surface area contributed by atoms with Crippen molar-refractivity contribution in [2.24, 2.45) is 0 Å². The molecular formula is C20H18O. The van der Waals surface area contributed by atoms with Crippen LogP contribution >= 0.6 is 0 Å². The van der Waals surface area contributed by atoms with Gasteiger partial charge in [-0.15, -0.1) is 0 Å². The SMILES string of the molecule is C=Cc1ccc(Oc2ccc(C=C)cc2C=C)c(C=C)c1. The molecule has 0 amide bonds. The van der Waals surface area contributed by atoms with Gasteiger partial charge in [-0.3, -0.25) is 0 Å². The number of hydrogen-bond donors (Lipinski definition) is 0. The highest BCUT2D eigenvalue weighted by Gasteiger charge is 2.06. The second kappa shape index (κ2) is 6.58. The minimum Gasteiger partial charge on any atom is -0.456 e. The summed E-state index contributed by atoms with van der Waals surface area (Å²) in [4.78, 5) is 0. The standard InChI is InChI=1S/C20H18O/c1-5-15-9-11-19(17(7-3)13-15)21-20-12-10-16(6-2)14-18(20)8-4/h5-14H,1-4H2. The van der Waals surface area contributed by atoms with Crippen LogP contribution in [0.1, 0.15) is 22.3 Å². The summed E-state index contributed by atoms with van der Waals surface area (Å²) in [6.07, 6.45) is 7.14. The lowest BCUT2D eigenvalue weighted by Gasteiger charge is -2.12. The summed E-state index contributed by atoms with van der Waals surface area (Å²) in [6, 6.07) is 11.7. The van der Waals surface area contributed by atoms with Crippen molar-refractivity contribution >= 4 is 24.3 Å². The van der Waals surface area contributed by atoms with Gasteiger partial charge in [0.1, 0.15) is 11.5 Å². The summed E-state index contributed by atoms with van der Waals surface area (Å²) >= 11 is 0. The van der Waals surface area contributed by atoms with E-state index in [-0.39, 0.29) is 0 Å². The third-order valence-corrected chi connectivity index (χ3v) is 3.20. The first-order chi connectivity index (χ1) is 10.2. The lowest BCUT2D eigenvalue weighted by atomic mass is 10.1. The molecule has 1 heteroatoms. The molecule has 0 bridgehead atoms. The molecule has 0 saturated carbocycles. The van der Waals surface area contributed by atoms with Gasteiger partial charge in [-0.25, -0.2) is 0 Å². The van der Waals surface area contributed by atoms with Crippen molar-refractivity contribution < 1.29 is 4.74 Å². The maximum absolute atomic E-state index is 6.01. The largest absolute Gasteiger partial charge is 0.456 e. The maximum Gasteiger partial charge on any atom is 0.134 e. The van der Waals surface area contributed by atoms with Crippen LogP contribution in [0.4, 0.5) is 0 Å². The van der Waals surface area contributed by atoms with E-state index in [0.717, 1.165) is 33.8 Å². The van der Waals surface area contributed by atoms with Crippen molar-refractivity contribution in [3.05, 3.63) is 85.0 Å². The first kappa shape index (κ1) is 14.6. The quantitative estimate of drug-likeness (QED) is 0.623. The third kappa shape index (κ3) is 3.21. The predicted molar refractivity (Wildman–Crippen MR) is 93.3 cm³/mol. The van der Waals surface area contributed by atoms with Crippen molar-refractivity contribution in [1.29, 1.82) is 0 Å². The normalized spacial score (nSPS) is 9.71. The van der Waals surface area contributed by atoms with E-state index in [1.54, 1.807) is 24.3 Å². The van der Waals surface area contributed by atoms with Crippen molar-refractivity contribution in [3.63, 3.8) is 0 Å². The van der Waals surface area contributed by atoms with Crippen LogP contribution < -0.4 is 4.74 Å². The highest BCUT2D eigenvalue weighted by Crippen LogP contribution is 2.31. The lowest BCUT2D eigenvalue weighted by Crippen LogP contribution is -1.91. The Morgan fingerprint density at radius 2 is 1.05 bits per heavy atom. The Labute approximate surface area is 126 Å². The highest BCUT2D eigenvalue weighted by molar-refractivity contribution is 5.65. The van der Waals surface area contributed by atoms with Gasteiger partial charge in [0.2, 0.25) is 0 Å². The van der Waals surface area contributed by atoms with Gasteiger partial charge in [-0.2, -0.15) is 0 Å². The molecule has 0 spiro atoms. The molecule has 0 unspecified atom stereocenters. The van der Waals surface area contributed by atoms with Gasteiger partial charge in [-0.05, 0) is 35.4 Å². The Hall–Kier alpha value is -2.80. The zero-order valence-corrected chi connectivity index (χ0v) is 12.0. The van der Waals surface area contributed by atoms with Gasteiger partial charge in [-0.1, -0.05) is 62.8 Å². The fourth-order valence-electron chi connectivity index (χ4n) is 2.01. The van der Waals surface area contributed by atoms with Gasteiger partial charge >= 0.3 is 0 Å². The summed E-state index contributed by atoms with van der Waals surface area (Å²) in [5.41, 5.74) is 3.91. The monoisotopic (exact) mass is 274 g/mol. The van der Waals surface area contributed by atoms with Gasteiger partial charge in [0.05, 0.1) is 0 Å². The average Bonchev–Trinajstić information content (AvgIpc) is 2.55. The summed E-state index contributed by atoms with van der Waals surface area (Å²) in [7, 11) is 0. The van der Waals surface area contributed by atoms with Crippen molar-refractivity contribution in [2.45, 2.75) is 0 Å². The molecule has 2 rings (SSSR count). The Morgan fingerprint density at radius 1 is 0.619 bits per heavy atom. The number of ether oxygens (including phenoxy) is 1. The molecule has 2 aromatic rings. The van der Waals surface area contributed by atoms with Crippen molar-refractivity contribution in [3.8, 4) is 11.5 Å². The van der Waals surface area contributed by atoms with E-state index < -0.39 is 0 Å². The zero-order chi connectivity index (χ0) is 15.2. The van der Waals surface area contributed by atoms with Crippen molar-refractivity contribution in [1.82, 2.24) is 0 Å². The first-order valence-corrected chi connectivity index (χ1v) is 6.67. The van der Waals surface area contributed by atoms with E-state index in [2.05, 4.69) is 26.3 Å². The average molecular weight is 274 g/mol. The summed E-state index contributed by atoms with van der Waals surface area (Å²) in [5, 5.41) is 0. The molecular weight excluding hydrogens is 256 g/mol. The molecule has 21 heavy (non-hydrogen) atoms. The molecule has 0 aliphatic rings. The van der Waals surface area contributed by atoms with E-state index >= 15 is 0 Å². The molecule has 0 fully saturated rings. The molecule has 0 radical (unpaired) electrons. The van der Waals surface area contributed by atoms with Crippen molar-refractivity contribution in [2.75, 3.05) is 0 Å². The Kier molecular flexibility index (Phi) is 4.57. The predicted octanol–water partition coefficient (Wildman–Crippen LogP) is 6.05. The molecule has 0 aromatic heterocycles. The Balaban J connectivity index is 2.42. The first-order valence-electron chi connectivity index (χ1n) is 6.67. The van der Waals surface area contributed by atoms with Gasteiger partial charge in [0.15, 0.2) is 0 Å². The summed E-state index contributed by atoms with van der Waals surface area (Å²) in [6.45, 7) is 15.2. The minimum absolute atomic E-state index is 0.755. The van der Waals surface area contributed by atoms with Crippen LogP contribution in [0.2, 0.25) is 0 Å². The number of rotatable bonds is 6. The van der Waals surface area contributed by atoms with Crippen LogP contribution in [0.5, 0.6) is 11.5 Å². The van der Waals surface area contributed by atoms with E-state index in [9.17, 15) is 0 Å². The molecule has 104 valence electrons. The molecule has 0 saturated heterocycles. The minimum atomic E-state index is 0.755. The van der Waals surface area contributed by atoms with Crippen LogP contribution in [0, 0.1) is 0 Å². The van der Waals surface area contributed by atoms with Crippen LogP contribution in [0.15, 0.2) is 62.7 Å². The van der Waals surface area contributed by atoms with E-state index in [4.69, 9.17) is 4.74 Å². The third-order valence-electron chi connectivity index (χ3n) is 3.20. The number of hydrogen-bond acceptors (Lipinski definition) is 1. The van der Waals surface area contributed by atoms with Crippen LogP contribution in [0.3, 0.4) is 0 Å². The lowest BCUT2D eigenvalue weighted by molar-refractivity contribution is 0.480. The fourth-order valence-corrected chi connectivity index (χ4v) is 2.01. The van der Waals surface area contributed by atoms with Crippen LogP contribution in [-0.2, 0) is 0 Å². The molecule has 0 N–H and O–H groups in total.